The highest BCUT2D eigenvalue weighted by molar-refractivity contribution is 7.92. The Labute approximate surface area is 154 Å². The number of carbonyl (C=O) groups is 1. The Hall–Kier alpha value is -2.44. The summed E-state index contributed by atoms with van der Waals surface area (Å²) in [5, 5.41) is 1.09. The van der Waals surface area contributed by atoms with Crippen LogP contribution in [0.4, 0.5) is 0 Å². The number of ether oxygens (including phenoxy) is 1. The Bertz CT molecular complexity index is 854. The van der Waals surface area contributed by atoms with Crippen LogP contribution in [0, 0.1) is 13.8 Å². The van der Waals surface area contributed by atoms with E-state index in [0.717, 1.165) is 27.7 Å². The van der Waals surface area contributed by atoms with Gasteiger partial charge >= 0.3 is 5.97 Å². The first kappa shape index (κ1) is 19.9. The van der Waals surface area contributed by atoms with E-state index in [-0.39, 0.29) is 19.6 Å². The highest BCUT2D eigenvalue weighted by atomic mass is 32.2. The normalized spacial score (nSPS) is 11.6. The molecule has 2 aromatic rings. The van der Waals surface area contributed by atoms with Crippen molar-refractivity contribution in [1.29, 1.82) is 0 Å². The minimum atomic E-state index is -3.60. The number of hydrogen-bond donors (Lipinski definition) is 1. The maximum atomic E-state index is 11.9. The van der Waals surface area contributed by atoms with Crippen LogP contribution in [-0.2, 0) is 26.2 Å². The van der Waals surface area contributed by atoms with Gasteiger partial charge in [0.15, 0.2) is 0 Å². The molecule has 138 valence electrons. The zero-order chi connectivity index (χ0) is 19.0. The Balaban J connectivity index is 1.74. The third-order valence-electron chi connectivity index (χ3n) is 3.67. The van der Waals surface area contributed by atoms with Crippen LogP contribution < -0.4 is 4.72 Å². The zero-order valence-corrected chi connectivity index (χ0v) is 15.8. The molecule has 0 saturated heterocycles. The van der Waals surface area contributed by atoms with Gasteiger partial charge in [-0.3, -0.25) is 4.79 Å². The van der Waals surface area contributed by atoms with Crippen molar-refractivity contribution in [2.75, 3.05) is 6.54 Å². The fraction of sp³-hybridized carbons (Fsp3) is 0.250. The Kier molecular flexibility index (Phi) is 7.12. The Morgan fingerprint density at radius 1 is 1.00 bits per heavy atom. The summed E-state index contributed by atoms with van der Waals surface area (Å²) in [7, 11) is -3.60. The molecule has 5 nitrogen and oxygen atoms in total. The standard InChI is InChI=1S/C20H23NO4S/c1-16-3-7-18(8-4-16)12-14-26(23,24)21-13-11-20(22)25-15-19-9-5-17(2)6-10-19/h3-10,12,14,21H,11,13,15H2,1-2H3/b14-12+. The van der Waals surface area contributed by atoms with Crippen molar-refractivity contribution < 1.29 is 17.9 Å². The van der Waals surface area contributed by atoms with E-state index >= 15 is 0 Å². The van der Waals surface area contributed by atoms with Crippen LogP contribution >= 0.6 is 0 Å². The van der Waals surface area contributed by atoms with Crippen LogP contribution in [0.5, 0.6) is 0 Å². The third kappa shape index (κ3) is 7.21. The average Bonchev–Trinajstić information content (AvgIpc) is 2.61. The van der Waals surface area contributed by atoms with E-state index in [1.165, 1.54) is 6.08 Å². The number of hydrogen-bond acceptors (Lipinski definition) is 4. The molecule has 0 fully saturated rings. The van der Waals surface area contributed by atoms with Crippen LogP contribution in [0.3, 0.4) is 0 Å². The van der Waals surface area contributed by atoms with E-state index in [1.54, 1.807) is 0 Å². The molecule has 0 aliphatic rings. The molecule has 0 aliphatic carbocycles. The first-order chi connectivity index (χ1) is 12.3. The Morgan fingerprint density at radius 2 is 1.58 bits per heavy atom. The summed E-state index contributed by atoms with van der Waals surface area (Å²) < 4.78 is 31.3. The molecule has 26 heavy (non-hydrogen) atoms. The third-order valence-corrected chi connectivity index (χ3v) is 4.77. The van der Waals surface area contributed by atoms with Gasteiger partial charge in [0.05, 0.1) is 6.42 Å². The molecule has 0 unspecified atom stereocenters. The van der Waals surface area contributed by atoms with Crippen molar-refractivity contribution in [1.82, 2.24) is 4.72 Å². The molecule has 0 bridgehead atoms. The number of aryl methyl sites for hydroxylation is 2. The zero-order valence-electron chi connectivity index (χ0n) is 14.9. The molecule has 0 heterocycles. The molecule has 2 rings (SSSR count). The van der Waals surface area contributed by atoms with Crippen LogP contribution in [0.1, 0.15) is 28.7 Å². The van der Waals surface area contributed by atoms with Crippen molar-refractivity contribution in [2.45, 2.75) is 26.9 Å². The largest absolute Gasteiger partial charge is 0.461 e. The lowest BCUT2D eigenvalue weighted by Crippen LogP contribution is -2.24. The summed E-state index contributed by atoms with van der Waals surface area (Å²) in [5.74, 6) is -0.448. The molecule has 0 aliphatic heterocycles. The van der Waals surface area contributed by atoms with Crippen LogP contribution in [0.25, 0.3) is 6.08 Å². The van der Waals surface area contributed by atoms with E-state index in [4.69, 9.17) is 4.74 Å². The van der Waals surface area contributed by atoms with Gasteiger partial charge in [0.1, 0.15) is 6.61 Å². The number of benzene rings is 2. The lowest BCUT2D eigenvalue weighted by atomic mass is 10.2. The molecule has 0 aromatic heterocycles. The van der Waals surface area contributed by atoms with Crippen LogP contribution in [0.15, 0.2) is 53.9 Å². The van der Waals surface area contributed by atoms with Crippen LogP contribution in [0.2, 0.25) is 0 Å². The quantitative estimate of drug-likeness (QED) is 0.721. The number of esters is 1. The summed E-state index contributed by atoms with van der Waals surface area (Å²) in [6.07, 6.45) is 1.49. The lowest BCUT2D eigenvalue weighted by Gasteiger charge is -2.06. The predicted molar refractivity (Wildman–Crippen MR) is 103 cm³/mol. The monoisotopic (exact) mass is 373 g/mol. The highest BCUT2D eigenvalue weighted by Gasteiger charge is 2.08. The summed E-state index contributed by atoms with van der Waals surface area (Å²) in [4.78, 5) is 11.7. The molecule has 1 N–H and O–H groups in total. The first-order valence-corrected chi connectivity index (χ1v) is 9.84. The summed E-state index contributed by atoms with van der Waals surface area (Å²) in [6, 6.07) is 15.2. The van der Waals surface area contributed by atoms with Gasteiger partial charge in [-0.25, -0.2) is 13.1 Å². The van der Waals surface area contributed by atoms with Crippen molar-refractivity contribution in [3.05, 3.63) is 76.2 Å². The fourth-order valence-corrected chi connectivity index (χ4v) is 2.93. The molecule has 2 aromatic carbocycles. The van der Waals surface area contributed by atoms with E-state index in [1.807, 2.05) is 62.4 Å². The van der Waals surface area contributed by atoms with Crippen LogP contribution in [-0.4, -0.2) is 20.9 Å². The predicted octanol–water partition coefficient (Wildman–Crippen LogP) is 3.33. The van der Waals surface area contributed by atoms with Gasteiger partial charge in [-0.15, -0.1) is 0 Å². The molecule has 0 radical (unpaired) electrons. The van der Waals surface area contributed by atoms with Crippen molar-refractivity contribution in [2.24, 2.45) is 0 Å². The molecule has 0 atom stereocenters. The maximum Gasteiger partial charge on any atom is 0.307 e. The van der Waals surface area contributed by atoms with Gasteiger partial charge in [0.25, 0.3) is 0 Å². The molecular formula is C20H23NO4S. The highest BCUT2D eigenvalue weighted by Crippen LogP contribution is 2.07. The van der Waals surface area contributed by atoms with Gasteiger partial charge in [0.2, 0.25) is 10.0 Å². The van der Waals surface area contributed by atoms with Gasteiger partial charge in [-0.2, -0.15) is 0 Å². The van der Waals surface area contributed by atoms with Crippen molar-refractivity contribution in [3.63, 3.8) is 0 Å². The topological polar surface area (TPSA) is 72.5 Å². The average molecular weight is 373 g/mol. The van der Waals surface area contributed by atoms with Gasteiger partial charge in [-0.1, -0.05) is 59.7 Å². The number of rotatable bonds is 8. The second-order valence-electron chi connectivity index (χ2n) is 6.05. The number of carbonyl (C=O) groups excluding carboxylic acids is 1. The van der Waals surface area contributed by atoms with E-state index in [9.17, 15) is 13.2 Å². The van der Waals surface area contributed by atoms with Gasteiger partial charge in [0, 0.05) is 12.0 Å². The summed E-state index contributed by atoms with van der Waals surface area (Å²) in [5.41, 5.74) is 3.92. The Morgan fingerprint density at radius 3 is 2.19 bits per heavy atom. The molecule has 0 saturated carbocycles. The van der Waals surface area contributed by atoms with Crippen molar-refractivity contribution >= 4 is 22.1 Å². The number of nitrogens with one attached hydrogen (secondary N) is 1. The van der Waals surface area contributed by atoms with E-state index < -0.39 is 16.0 Å². The lowest BCUT2D eigenvalue weighted by molar-refractivity contribution is -0.144. The summed E-state index contributed by atoms with van der Waals surface area (Å²) >= 11 is 0. The van der Waals surface area contributed by atoms with E-state index in [2.05, 4.69) is 4.72 Å². The second kappa shape index (κ2) is 9.31. The minimum absolute atomic E-state index is 0.00664. The van der Waals surface area contributed by atoms with Crippen molar-refractivity contribution in [3.8, 4) is 0 Å². The minimum Gasteiger partial charge on any atom is -0.461 e. The number of sulfonamides is 1. The molecular weight excluding hydrogens is 350 g/mol. The first-order valence-electron chi connectivity index (χ1n) is 8.30. The maximum absolute atomic E-state index is 11.9. The molecule has 0 amide bonds. The van der Waals surface area contributed by atoms with Gasteiger partial charge < -0.3 is 4.74 Å². The van der Waals surface area contributed by atoms with E-state index in [0.29, 0.717) is 0 Å². The molecule has 6 heteroatoms. The smallest absolute Gasteiger partial charge is 0.307 e. The summed E-state index contributed by atoms with van der Waals surface area (Å²) in [6.45, 7) is 4.12. The molecule has 0 spiro atoms. The fourth-order valence-electron chi connectivity index (χ4n) is 2.11. The van der Waals surface area contributed by atoms with Gasteiger partial charge in [-0.05, 0) is 31.1 Å². The SMILES string of the molecule is Cc1ccc(/C=C/S(=O)(=O)NCCC(=O)OCc2ccc(C)cc2)cc1. The second-order valence-corrected chi connectivity index (χ2v) is 7.70.